The van der Waals surface area contributed by atoms with Crippen LogP contribution < -0.4 is 5.32 Å². The summed E-state index contributed by atoms with van der Waals surface area (Å²) >= 11 is 1.45. The molecule has 2 heterocycles. The summed E-state index contributed by atoms with van der Waals surface area (Å²) in [4.78, 5) is 9.71. The quantitative estimate of drug-likeness (QED) is 0.723. The maximum Gasteiger partial charge on any atom is 0.225 e. The lowest BCUT2D eigenvalue weighted by Gasteiger charge is -2.06. The summed E-state index contributed by atoms with van der Waals surface area (Å²) in [6.45, 7) is 2.72. The van der Waals surface area contributed by atoms with Crippen molar-refractivity contribution in [3.05, 3.63) is 36.3 Å². The van der Waals surface area contributed by atoms with Gasteiger partial charge in [-0.05, 0) is 31.2 Å². The van der Waals surface area contributed by atoms with E-state index in [0.717, 1.165) is 21.9 Å². The van der Waals surface area contributed by atoms with Crippen molar-refractivity contribution in [2.75, 3.05) is 11.9 Å². The van der Waals surface area contributed by atoms with E-state index < -0.39 is 0 Å². The molecule has 2 N–H and O–H groups in total. The van der Waals surface area contributed by atoms with Crippen molar-refractivity contribution in [1.82, 2.24) is 20.2 Å². The van der Waals surface area contributed by atoms with E-state index in [-0.39, 0.29) is 5.82 Å². The maximum atomic E-state index is 12.9. The van der Waals surface area contributed by atoms with Crippen molar-refractivity contribution in [2.45, 2.75) is 16.8 Å². The Morgan fingerprint density at radius 2 is 2.05 bits per heavy atom. The lowest BCUT2D eigenvalue weighted by Crippen LogP contribution is -2.02. The molecule has 0 amide bonds. The Bertz CT molecular complexity index is 725. The number of nitrogens with zero attached hydrogens (tertiary/aromatic N) is 3. The molecule has 0 saturated heterocycles. The molecule has 0 aliphatic carbocycles. The highest BCUT2D eigenvalue weighted by molar-refractivity contribution is 7.99. The van der Waals surface area contributed by atoms with Crippen LogP contribution in [0.4, 0.5) is 10.3 Å². The number of H-pyrrole nitrogens is 1. The average Bonchev–Trinajstić information content (AvgIpc) is 2.90. The lowest BCUT2D eigenvalue weighted by atomic mass is 10.4. The highest BCUT2D eigenvalue weighted by Gasteiger charge is 2.10. The van der Waals surface area contributed by atoms with E-state index in [1.165, 1.54) is 23.9 Å². The van der Waals surface area contributed by atoms with Gasteiger partial charge in [0.1, 0.15) is 10.8 Å². The van der Waals surface area contributed by atoms with E-state index in [4.69, 9.17) is 0 Å². The summed E-state index contributed by atoms with van der Waals surface area (Å²) in [5.74, 6) is 0.299. The van der Waals surface area contributed by atoms with E-state index in [1.54, 1.807) is 18.3 Å². The Labute approximate surface area is 119 Å². The van der Waals surface area contributed by atoms with Crippen LogP contribution in [0.2, 0.25) is 0 Å². The number of halogens is 1. The Hall–Kier alpha value is -2.15. The van der Waals surface area contributed by atoms with Crippen LogP contribution >= 0.6 is 11.8 Å². The first kappa shape index (κ1) is 12.9. The number of hydrogen-bond donors (Lipinski definition) is 2. The number of rotatable bonds is 4. The van der Waals surface area contributed by atoms with Crippen molar-refractivity contribution in [2.24, 2.45) is 0 Å². The maximum absolute atomic E-state index is 12.9. The molecular formula is C13H12FN5S. The van der Waals surface area contributed by atoms with E-state index >= 15 is 0 Å². The molecule has 0 radical (unpaired) electrons. The normalized spacial score (nSPS) is 10.9. The molecule has 0 bridgehead atoms. The summed E-state index contributed by atoms with van der Waals surface area (Å²) < 4.78 is 12.9. The molecule has 102 valence electrons. The van der Waals surface area contributed by atoms with E-state index in [9.17, 15) is 4.39 Å². The molecule has 1 aromatic carbocycles. The van der Waals surface area contributed by atoms with Crippen LogP contribution in [0.1, 0.15) is 6.92 Å². The van der Waals surface area contributed by atoms with Crippen LogP contribution in [-0.4, -0.2) is 26.7 Å². The van der Waals surface area contributed by atoms with Gasteiger partial charge in [-0.1, -0.05) is 11.8 Å². The SMILES string of the molecule is CCNc1nc(Sc2ccc(F)cc2)c2cn[nH]c2n1. The fraction of sp³-hybridized carbons (Fsp3) is 0.154. The minimum absolute atomic E-state index is 0.251. The third-order valence-electron chi connectivity index (χ3n) is 2.64. The highest BCUT2D eigenvalue weighted by atomic mass is 32.2. The zero-order chi connectivity index (χ0) is 13.9. The van der Waals surface area contributed by atoms with E-state index in [2.05, 4.69) is 25.5 Å². The van der Waals surface area contributed by atoms with Gasteiger partial charge in [-0.2, -0.15) is 10.1 Å². The number of fused-ring (bicyclic) bond motifs is 1. The highest BCUT2D eigenvalue weighted by Crippen LogP contribution is 2.31. The summed E-state index contributed by atoms with van der Waals surface area (Å²) in [6.07, 6.45) is 1.69. The monoisotopic (exact) mass is 289 g/mol. The number of nitrogens with one attached hydrogen (secondary N) is 2. The van der Waals surface area contributed by atoms with Gasteiger partial charge in [0.05, 0.1) is 11.6 Å². The Kier molecular flexibility index (Phi) is 3.51. The van der Waals surface area contributed by atoms with Gasteiger partial charge in [0.2, 0.25) is 5.95 Å². The van der Waals surface area contributed by atoms with Crippen molar-refractivity contribution >= 4 is 28.7 Å². The van der Waals surface area contributed by atoms with Gasteiger partial charge < -0.3 is 5.32 Å². The summed E-state index contributed by atoms with van der Waals surface area (Å²) in [5, 5.41) is 11.5. The standard InChI is InChI=1S/C13H12FN5S/c1-2-15-13-17-11-10(7-16-19-11)12(18-13)20-9-5-3-8(14)4-6-9/h3-7H,2H2,1H3,(H2,15,16,17,18,19). The lowest BCUT2D eigenvalue weighted by molar-refractivity contribution is 0.626. The zero-order valence-corrected chi connectivity index (χ0v) is 11.5. The largest absolute Gasteiger partial charge is 0.354 e. The second-order valence-electron chi connectivity index (χ2n) is 4.07. The first-order valence-corrected chi connectivity index (χ1v) is 6.96. The van der Waals surface area contributed by atoms with Gasteiger partial charge in [-0.15, -0.1) is 0 Å². The molecule has 0 unspecified atom stereocenters. The molecule has 2 aromatic heterocycles. The molecule has 3 aromatic rings. The topological polar surface area (TPSA) is 66.5 Å². The van der Waals surface area contributed by atoms with Gasteiger partial charge >= 0.3 is 0 Å². The van der Waals surface area contributed by atoms with Crippen LogP contribution in [-0.2, 0) is 0 Å². The molecule has 3 rings (SSSR count). The second kappa shape index (κ2) is 5.46. The molecule has 7 heteroatoms. The summed E-state index contributed by atoms with van der Waals surface area (Å²) in [6, 6.07) is 6.31. The fourth-order valence-corrected chi connectivity index (χ4v) is 2.62. The molecule has 0 aliphatic heterocycles. The van der Waals surface area contributed by atoms with Crippen LogP contribution in [0.5, 0.6) is 0 Å². The first-order chi connectivity index (χ1) is 9.76. The third-order valence-corrected chi connectivity index (χ3v) is 3.65. The zero-order valence-electron chi connectivity index (χ0n) is 10.7. The minimum Gasteiger partial charge on any atom is -0.354 e. The van der Waals surface area contributed by atoms with Gasteiger partial charge in [0.25, 0.3) is 0 Å². The molecule has 0 aliphatic rings. The fourth-order valence-electron chi connectivity index (χ4n) is 1.74. The van der Waals surface area contributed by atoms with E-state index in [0.29, 0.717) is 11.6 Å². The summed E-state index contributed by atoms with van der Waals surface area (Å²) in [7, 11) is 0. The van der Waals surface area contributed by atoms with Crippen LogP contribution in [0, 0.1) is 5.82 Å². The van der Waals surface area contributed by atoms with Gasteiger partial charge in [0, 0.05) is 11.4 Å². The molecule has 5 nitrogen and oxygen atoms in total. The van der Waals surface area contributed by atoms with Gasteiger partial charge in [-0.25, -0.2) is 9.37 Å². The minimum atomic E-state index is -0.251. The molecule has 0 spiro atoms. The number of hydrogen-bond acceptors (Lipinski definition) is 5. The Morgan fingerprint density at radius 3 is 2.80 bits per heavy atom. The number of benzene rings is 1. The number of anilines is 1. The van der Waals surface area contributed by atoms with Crippen molar-refractivity contribution < 1.29 is 4.39 Å². The molecule has 0 atom stereocenters. The first-order valence-electron chi connectivity index (χ1n) is 6.14. The van der Waals surface area contributed by atoms with Crippen LogP contribution in [0.25, 0.3) is 11.0 Å². The Morgan fingerprint density at radius 1 is 1.25 bits per heavy atom. The molecular weight excluding hydrogens is 277 g/mol. The van der Waals surface area contributed by atoms with Crippen molar-refractivity contribution in [1.29, 1.82) is 0 Å². The third kappa shape index (κ3) is 2.57. The molecule has 20 heavy (non-hydrogen) atoms. The smallest absolute Gasteiger partial charge is 0.225 e. The van der Waals surface area contributed by atoms with Crippen molar-refractivity contribution in [3.8, 4) is 0 Å². The summed E-state index contributed by atoms with van der Waals surface area (Å²) in [5.41, 5.74) is 0.681. The molecule has 0 saturated carbocycles. The Balaban J connectivity index is 2.00. The average molecular weight is 289 g/mol. The van der Waals surface area contributed by atoms with E-state index in [1.807, 2.05) is 6.92 Å². The van der Waals surface area contributed by atoms with Crippen LogP contribution in [0.15, 0.2) is 40.4 Å². The predicted molar refractivity (Wildman–Crippen MR) is 76.4 cm³/mol. The second-order valence-corrected chi connectivity index (χ2v) is 5.13. The number of aromatic amines is 1. The van der Waals surface area contributed by atoms with Crippen molar-refractivity contribution in [3.63, 3.8) is 0 Å². The van der Waals surface area contributed by atoms with Gasteiger partial charge in [-0.3, -0.25) is 5.10 Å². The van der Waals surface area contributed by atoms with Gasteiger partial charge in [0.15, 0.2) is 5.65 Å². The predicted octanol–water partition coefficient (Wildman–Crippen LogP) is 3.08. The van der Waals surface area contributed by atoms with Crippen LogP contribution in [0.3, 0.4) is 0 Å². The number of aromatic nitrogens is 4. The molecule has 0 fully saturated rings.